The number of hydrogen-bond donors (Lipinski definition) is 2. The first-order valence-electron chi connectivity index (χ1n) is 7.26. The average molecular weight is 343 g/mol. The minimum Gasteiger partial charge on any atom is -0.282 e. The Kier molecular flexibility index (Phi) is 3.82. The zero-order chi connectivity index (χ0) is 18.4. The lowest BCUT2D eigenvalue weighted by Gasteiger charge is -2.25. The van der Waals surface area contributed by atoms with E-state index in [0.717, 1.165) is 11.1 Å². The number of aliphatic imine (C=N–C) groups is 1. The maximum Gasteiger partial charge on any atom is 0.434 e. The van der Waals surface area contributed by atoms with Gasteiger partial charge in [-0.3, -0.25) is 15.5 Å². The Hall–Kier alpha value is -3.17. The van der Waals surface area contributed by atoms with E-state index < -0.39 is 23.4 Å². The molecule has 0 saturated heterocycles. The molecule has 1 aromatic heterocycles. The number of allylic oxidation sites excluding steroid dienone is 2. The molecular formula is C17H12F3N5. The highest BCUT2D eigenvalue weighted by Gasteiger charge is 2.44. The van der Waals surface area contributed by atoms with Crippen LogP contribution in [0.25, 0.3) is 15.7 Å². The summed E-state index contributed by atoms with van der Waals surface area (Å²) < 4.78 is 40.0. The predicted octanol–water partition coefficient (Wildman–Crippen LogP) is 4.30. The summed E-state index contributed by atoms with van der Waals surface area (Å²) in [5, 5.41) is 15.0. The van der Waals surface area contributed by atoms with Crippen LogP contribution in [0.1, 0.15) is 24.1 Å². The molecule has 0 saturated carbocycles. The first-order chi connectivity index (χ1) is 11.8. The Morgan fingerprint density at radius 3 is 2.64 bits per heavy atom. The third-order valence-electron chi connectivity index (χ3n) is 4.09. The lowest BCUT2D eigenvalue weighted by atomic mass is 9.83. The van der Waals surface area contributed by atoms with E-state index in [9.17, 15) is 13.2 Å². The molecule has 2 aromatic rings. The SMILES string of the molecule is [C-]#[N+]C1=C(C)N=C(C(F)(F)F)C(=C=N)[C@@H]1c1ccc2n[nH]c(C)c2c1. The lowest BCUT2D eigenvalue weighted by molar-refractivity contribution is -0.0585. The van der Waals surface area contributed by atoms with Gasteiger partial charge in [0.2, 0.25) is 0 Å². The second-order valence-corrected chi connectivity index (χ2v) is 5.64. The summed E-state index contributed by atoms with van der Waals surface area (Å²) >= 11 is 0. The van der Waals surface area contributed by atoms with Crippen molar-refractivity contribution in [2.75, 3.05) is 0 Å². The van der Waals surface area contributed by atoms with E-state index in [1.165, 1.54) is 6.92 Å². The van der Waals surface area contributed by atoms with E-state index in [-0.39, 0.29) is 11.4 Å². The Labute approximate surface area is 140 Å². The maximum atomic E-state index is 13.3. The summed E-state index contributed by atoms with van der Waals surface area (Å²) in [5.41, 5.74) is 0.327. The zero-order valence-corrected chi connectivity index (χ0v) is 13.3. The molecule has 8 heteroatoms. The van der Waals surface area contributed by atoms with Crippen LogP contribution in [0.15, 0.2) is 40.2 Å². The quantitative estimate of drug-likeness (QED) is 0.588. The molecule has 3 rings (SSSR count). The average Bonchev–Trinajstić information content (AvgIpc) is 2.93. The van der Waals surface area contributed by atoms with Crippen molar-refractivity contribution in [2.45, 2.75) is 25.9 Å². The number of alkyl halides is 3. The number of halogens is 3. The molecule has 0 spiro atoms. The van der Waals surface area contributed by atoms with E-state index in [1.54, 1.807) is 25.1 Å². The van der Waals surface area contributed by atoms with Gasteiger partial charge in [-0.25, -0.2) is 4.85 Å². The molecule has 1 aliphatic heterocycles. The van der Waals surface area contributed by atoms with Crippen molar-refractivity contribution in [1.82, 2.24) is 10.2 Å². The fourth-order valence-corrected chi connectivity index (χ4v) is 2.92. The number of aromatic amines is 1. The van der Waals surface area contributed by atoms with E-state index in [2.05, 4.69) is 20.0 Å². The van der Waals surface area contributed by atoms with Crippen LogP contribution in [0.5, 0.6) is 0 Å². The van der Waals surface area contributed by atoms with Crippen LogP contribution in [0.3, 0.4) is 0 Å². The van der Waals surface area contributed by atoms with Crippen molar-refractivity contribution in [3.63, 3.8) is 0 Å². The van der Waals surface area contributed by atoms with Gasteiger partial charge in [0.15, 0.2) is 11.4 Å². The summed E-state index contributed by atoms with van der Waals surface area (Å²) in [6.07, 6.45) is -4.73. The minimum absolute atomic E-state index is 0.00432. The van der Waals surface area contributed by atoms with Crippen LogP contribution in [-0.2, 0) is 0 Å². The molecule has 2 N–H and O–H groups in total. The number of nitrogens with zero attached hydrogens (tertiary/aromatic N) is 3. The number of benzene rings is 1. The highest BCUT2D eigenvalue weighted by atomic mass is 19.4. The van der Waals surface area contributed by atoms with Crippen LogP contribution in [0.2, 0.25) is 0 Å². The van der Waals surface area contributed by atoms with Gasteiger partial charge in [0.1, 0.15) is 0 Å². The molecule has 5 nitrogen and oxygen atoms in total. The second kappa shape index (κ2) is 5.72. The molecule has 1 aliphatic rings. The minimum atomic E-state index is -4.73. The summed E-state index contributed by atoms with van der Waals surface area (Å²) in [6, 6.07) is 4.97. The maximum absolute atomic E-state index is 13.3. The molecule has 25 heavy (non-hydrogen) atoms. The van der Waals surface area contributed by atoms with Crippen LogP contribution in [0, 0.1) is 18.9 Å². The molecule has 1 aromatic carbocycles. The van der Waals surface area contributed by atoms with Crippen molar-refractivity contribution in [3.05, 3.63) is 57.8 Å². The standard InChI is InChI=1S/C17H12F3N5/c1-8-11-6-10(4-5-13(11)25-24-8)14-12(7-21)16(17(18,19)20)23-9(2)15(14)22-3/h4-6,14,21H,1-2H3,(H,24,25)/t14-/m0/s1. The van der Waals surface area contributed by atoms with Gasteiger partial charge >= 0.3 is 6.18 Å². The van der Waals surface area contributed by atoms with Crippen molar-refractivity contribution in [1.29, 1.82) is 5.41 Å². The topological polar surface area (TPSA) is 69.2 Å². The van der Waals surface area contributed by atoms with Gasteiger partial charge in [-0.05, 0) is 37.4 Å². The number of hydrogen-bond acceptors (Lipinski definition) is 3. The number of aryl methyl sites for hydroxylation is 1. The Bertz CT molecular complexity index is 1030. The van der Waals surface area contributed by atoms with Crippen molar-refractivity contribution in [2.24, 2.45) is 4.99 Å². The van der Waals surface area contributed by atoms with Gasteiger partial charge < -0.3 is 0 Å². The summed E-state index contributed by atoms with van der Waals surface area (Å²) in [7, 11) is 0. The van der Waals surface area contributed by atoms with Gasteiger partial charge in [-0.15, -0.1) is 0 Å². The van der Waals surface area contributed by atoms with Crippen LogP contribution in [-0.4, -0.2) is 28.0 Å². The molecule has 0 amide bonds. The van der Waals surface area contributed by atoms with E-state index in [4.69, 9.17) is 12.0 Å². The van der Waals surface area contributed by atoms with E-state index in [0.29, 0.717) is 11.1 Å². The largest absolute Gasteiger partial charge is 0.434 e. The Morgan fingerprint density at radius 2 is 2.04 bits per heavy atom. The number of fused-ring (bicyclic) bond motifs is 1. The predicted molar refractivity (Wildman–Crippen MR) is 87.6 cm³/mol. The lowest BCUT2D eigenvalue weighted by Crippen LogP contribution is -2.31. The highest BCUT2D eigenvalue weighted by molar-refractivity contribution is 6.13. The van der Waals surface area contributed by atoms with Gasteiger partial charge in [-0.1, -0.05) is 6.07 Å². The van der Waals surface area contributed by atoms with Crippen molar-refractivity contribution >= 4 is 22.5 Å². The van der Waals surface area contributed by atoms with Crippen molar-refractivity contribution < 1.29 is 13.2 Å². The highest BCUT2D eigenvalue weighted by Crippen LogP contribution is 2.42. The van der Waals surface area contributed by atoms with Gasteiger partial charge in [-0.2, -0.15) is 18.3 Å². The van der Waals surface area contributed by atoms with Gasteiger partial charge in [0, 0.05) is 22.4 Å². The second-order valence-electron chi connectivity index (χ2n) is 5.64. The first kappa shape index (κ1) is 16.7. The summed E-state index contributed by atoms with van der Waals surface area (Å²) in [4.78, 5) is 6.90. The number of H-pyrrole nitrogens is 1. The molecular weight excluding hydrogens is 331 g/mol. The fourth-order valence-electron chi connectivity index (χ4n) is 2.92. The molecule has 126 valence electrons. The van der Waals surface area contributed by atoms with E-state index >= 15 is 0 Å². The molecule has 0 aliphatic carbocycles. The third-order valence-corrected chi connectivity index (χ3v) is 4.09. The zero-order valence-electron chi connectivity index (χ0n) is 13.3. The first-order valence-corrected chi connectivity index (χ1v) is 7.26. The van der Waals surface area contributed by atoms with Crippen LogP contribution in [0.4, 0.5) is 13.2 Å². The smallest absolute Gasteiger partial charge is 0.282 e. The van der Waals surface area contributed by atoms with Gasteiger partial charge in [0.25, 0.3) is 0 Å². The van der Waals surface area contributed by atoms with Gasteiger partial charge in [0.05, 0.1) is 18.0 Å². The Morgan fingerprint density at radius 1 is 1.32 bits per heavy atom. The number of aromatic nitrogens is 2. The molecule has 2 heterocycles. The molecule has 0 unspecified atom stereocenters. The summed E-state index contributed by atoms with van der Waals surface area (Å²) in [6.45, 7) is 10.5. The molecule has 0 bridgehead atoms. The molecule has 1 atom stereocenters. The summed E-state index contributed by atoms with van der Waals surface area (Å²) in [5.74, 6) is 0.826. The molecule has 0 radical (unpaired) electrons. The van der Waals surface area contributed by atoms with E-state index in [1.807, 2.05) is 5.87 Å². The van der Waals surface area contributed by atoms with Crippen LogP contribution >= 0.6 is 0 Å². The monoisotopic (exact) mass is 343 g/mol. The Balaban J connectivity index is 2.28. The third kappa shape index (κ3) is 2.65. The van der Waals surface area contributed by atoms with Crippen molar-refractivity contribution in [3.8, 4) is 0 Å². The molecule has 0 fully saturated rings. The normalized spacial score (nSPS) is 18.2. The number of nitrogens with one attached hydrogen (secondary N) is 2. The number of rotatable bonds is 1. The fraction of sp³-hybridized carbons (Fsp3) is 0.235. The van der Waals surface area contributed by atoms with Crippen LogP contribution < -0.4 is 0 Å².